The highest BCUT2D eigenvalue weighted by atomic mass is 16.5. The summed E-state index contributed by atoms with van der Waals surface area (Å²) in [7, 11) is 0. The topological polar surface area (TPSA) is 105 Å². The lowest BCUT2D eigenvalue weighted by atomic mass is 10.1. The molecule has 0 aliphatic heterocycles. The molecule has 0 aromatic heterocycles. The number of hydrogen-bond donors (Lipinski definition) is 2. The van der Waals surface area contributed by atoms with Crippen LogP contribution in [0.1, 0.15) is 24.2 Å². The lowest BCUT2D eigenvalue weighted by molar-refractivity contribution is -0.130. The Labute approximate surface area is 111 Å². The fraction of sp³-hybridized carbons (Fsp3) is 0.231. The van der Waals surface area contributed by atoms with Gasteiger partial charge >= 0.3 is 11.9 Å². The van der Waals surface area contributed by atoms with Crippen LogP contribution in [0.25, 0.3) is 0 Å². The van der Waals surface area contributed by atoms with Crippen molar-refractivity contribution in [2.75, 3.05) is 18.1 Å². The molecule has 0 bridgehead atoms. The minimum Gasteiger partial charge on any atom is -0.462 e. The van der Waals surface area contributed by atoms with Crippen molar-refractivity contribution < 1.29 is 19.1 Å². The van der Waals surface area contributed by atoms with Crippen LogP contribution < -0.4 is 16.2 Å². The summed E-state index contributed by atoms with van der Waals surface area (Å²) < 4.78 is 9.90. The Hall–Kier alpha value is -2.50. The lowest BCUT2D eigenvalue weighted by Gasteiger charge is -2.13. The second kappa shape index (κ2) is 5.90. The van der Waals surface area contributed by atoms with Gasteiger partial charge in [-0.2, -0.15) is 0 Å². The summed E-state index contributed by atoms with van der Waals surface area (Å²) in [6.45, 7) is 6.75. The molecule has 0 saturated heterocycles. The number of ether oxygens (including phenoxy) is 2. The first-order valence-electron chi connectivity index (χ1n) is 5.61. The van der Waals surface area contributed by atoms with Crippen LogP contribution in [0, 0.1) is 0 Å². The molecule has 6 heteroatoms. The number of carbonyl (C=O) groups excluding carboxylic acids is 2. The number of anilines is 2. The molecule has 102 valence electrons. The fourth-order valence-electron chi connectivity index (χ4n) is 1.32. The molecule has 0 amide bonds. The van der Waals surface area contributed by atoms with Crippen molar-refractivity contribution in [1.29, 1.82) is 0 Å². The average molecular weight is 264 g/mol. The molecule has 0 radical (unpaired) electrons. The summed E-state index contributed by atoms with van der Waals surface area (Å²) >= 11 is 0. The average Bonchev–Trinajstić information content (AvgIpc) is 2.33. The van der Waals surface area contributed by atoms with Gasteiger partial charge in [0, 0.05) is 5.57 Å². The predicted molar refractivity (Wildman–Crippen MR) is 71.7 cm³/mol. The molecule has 0 spiro atoms. The van der Waals surface area contributed by atoms with Crippen LogP contribution in [0.5, 0.6) is 5.75 Å². The standard InChI is InChI=1S/C13H16N2O4/c1-4-18-13(17)10-8(14)5-6-9(15)11(10)19-12(16)7(2)3/h5-6H,2,4,14-15H2,1,3H3. The van der Waals surface area contributed by atoms with Crippen LogP contribution in [0.4, 0.5) is 11.4 Å². The van der Waals surface area contributed by atoms with Gasteiger partial charge in [0.1, 0.15) is 5.56 Å². The number of nitrogens with two attached hydrogens (primary N) is 2. The van der Waals surface area contributed by atoms with E-state index >= 15 is 0 Å². The Kier molecular flexibility index (Phi) is 4.52. The molecule has 19 heavy (non-hydrogen) atoms. The normalized spacial score (nSPS) is 9.79. The van der Waals surface area contributed by atoms with Crippen molar-refractivity contribution in [3.63, 3.8) is 0 Å². The molecule has 1 rings (SSSR count). The third kappa shape index (κ3) is 3.25. The summed E-state index contributed by atoms with van der Waals surface area (Å²) in [6.07, 6.45) is 0. The van der Waals surface area contributed by atoms with E-state index in [4.69, 9.17) is 20.9 Å². The number of carbonyl (C=O) groups is 2. The first-order valence-corrected chi connectivity index (χ1v) is 5.61. The summed E-state index contributed by atoms with van der Waals surface area (Å²) in [6, 6.07) is 2.89. The van der Waals surface area contributed by atoms with Gasteiger partial charge in [-0.15, -0.1) is 0 Å². The van der Waals surface area contributed by atoms with Gasteiger partial charge in [0.25, 0.3) is 0 Å². The summed E-state index contributed by atoms with van der Waals surface area (Å²) in [5, 5.41) is 0. The van der Waals surface area contributed by atoms with Gasteiger partial charge in [-0.05, 0) is 26.0 Å². The highest BCUT2D eigenvalue weighted by Crippen LogP contribution is 2.32. The van der Waals surface area contributed by atoms with E-state index in [1.54, 1.807) is 6.92 Å². The van der Waals surface area contributed by atoms with Crippen LogP contribution in [0.3, 0.4) is 0 Å². The summed E-state index contributed by atoms with van der Waals surface area (Å²) in [5.74, 6) is -1.49. The number of hydrogen-bond acceptors (Lipinski definition) is 6. The second-order valence-corrected chi connectivity index (χ2v) is 3.84. The number of rotatable bonds is 4. The zero-order valence-electron chi connectivity index (χ0n) is 10.9. The van der Waals surface area contributed by atoms with Gasteiger partial charge in [-0.1, -0.05) is 6.58 Å². The maximum absolute atomic E-state index is 11.8. The van der Waals surface area contributed by atoms with Crippen molar-refractivity contribution >= 4 is 23.3 Å². The van der Waals surface area contributed by atoms with Gasteiger partial charge in [0.15, 0.2) is 5.75 Å². The van der Waals surface area contributed by atoms with E-state index in [2.05, 4.69) is 6.58 Å². The quantitative estimate of drug-likeness (QED) is 0.369. The molecule has 1 aromatic rings. The van der Waals surface area contributed by atoms with Crippen LogP contribution in [-0.2, 0) is 9.53 Å². The summed E-state index contributed by atoms with van der Waals surface area (Å²) in [4.78, 5) is 23.4. The Morgan fingerprint density at radius 3 is 2.37 bits per heavy atom. The first-order chi connectivity index (χ1) is 8.88. The van der Waals surface area contributed by atoms with Crippen molar-refractivity contribution in [2.45, 2.75) is 13.8 Å². The van der Waals surface area contributed by atoms with Gasteiger partial charge in [0.05, 0.1) is 18.0 Å². The van der Waals surface area contributed by atoms with Gasteiger partial charge in [-0.25, -0.2) is 9.59 Å². The molecule has 0 fully saturated rings. The highest BCUT2D eigenvalue weighted by molar-refractivity contribution is 6.02. The number of benzene rings is 1. The molecular formula is C13H16N2O4. The zero-order valence-corrected chi connectivity index (χ0v) is 10.9. The molecule has 0 aliphatic rings. The van der Waals surface area contributed by atoms with Gasteiger partial charge in [-0.3, -0.25) is 0 Å². The predicted octanol–water partition coefficient (Wildman–Crippen LogP) is 1.51. The molecule has 0 saturated carbocycles. The Balaban J connectivity index is 3.28. The Morgan fingerprint density at radius 2 is 1.84 bits per heavy atom. The summed E-state index contributed by atoms with van der Waals surface area (Å²) in [5.41, 5.74) is 11.8. The molecular weight excluding hydrogens is 248 g/mol. The molecule has 0 unspecified atom stereocenters. The zero-order chi connectivity index (χ0) is 14.6. The van der Waals surface area contributed by atoms with E-state index in [1.165, 1.54) is 19.1 Å². The molecule has 0 atom stereocenters. The molecule has 6 nitrogen and oxygen atoms in total. The van der Waals surface area contributed by atoms with E-state index in [1.807, 2.05) is 0 Å². The fourth-order valence-corrected chi connectivity index (χ4v) is 1.32. The maximum Gasteiger partial charge on any atom is 0.344 e. The first kappa shape index (κ1) is 14.6. The maximum atomic E-state index is 11.8. The Bertz CT molecular complexity index is 538. The van der Waals surface area contributed by atoms with Crippen molar-refractivity contribution in [2.24, 2.45) is 0 Å². The van der Waals surface area contributed by atoms with Crippen LogP contribution >= 0.6 is 0 Å². The minimum absolute atomic E-state index is 0.0588. The van der Waals surface area contributed by atoms with E-state index in [0.29, 0.717) is 0 Å². The molecule has 4 N–H and O–H groups in total. The van der Waals surface area contributed by atoms with Crippen molar-refractivity contribution in [3.05, 3.63) is 29.8 Å². The second-order valence-electron chi connectivity index (χ2n) is 3.84. The van der Waals surface area contributed by atoms with E-state index < -0.39 is 11.9 Å². The van der Waals surface area contributed by atoms with Crippen LogP contribution in [-0.4, -0.2) is 18.5 Å². The van der Waals surface area contributed by atoms with Gasteiger partial charge < -0.3 is 20.9 Å². The minimum atomic E-state index is -0.697. The smallest absolute Gasteiger partial charge is 0.344 e. The Morgan fingerprint density at radius 1 is 1.26 bits per heavy atom. The van der Waals surface area contributed by atoms with E-state index in [9.17, 15) is 9.59 Å². The van der Waals surface area contributed by atoms with Crippen molar-refractivity contribution in [1.82, 2.24) is 0 Å². The molecule has 0 aliphatic carbocycles. The van der Waals surface area contributed by atoms with Crippen LogP contribution in [0.15, 0.2) is 24.3 Å². The van der Waals surface area contributed by atoms with E-state index in [0.717, 1.165) is 0 Å². The number of nitrogen functional groups attached to an aromatic ring is 2. The SMILES string of the molecule is C=C(C)C(=O)Oc1c(N)ccc(N)c1C(=O)OCC. The number of esters is 2. The monoisotopic (exact) mass is 264 g/mol. The lowest BCUT2D eigenvalue weighted by Crippen LogP contribution is -2.16. The van der Waals surface area contributed by atoms with Gasteiger partial charge in [0.2, 0.25) is 0 Å². The van der Waals surface area contributed by atoms with Crippen LogP contribution in [0.2, 0.25) is 0 Å². The third-order valence-electron chi connectivity index (χ3n) is 2.24. The van der Waals surface area contributed by atoms with Crippen molar-refractivity contribution in [3.8, 4) is 5.75 Å². The molecule has 0 heterocycles. The highest BCUT2D eigenvalue weighted by Gasteiger charge is 2.22. The third-order valence-corrected chi connectivity index (χ3v) is 2.24. The molecule has 1 aromatic carbocycles. The largest absolute Gasteiger partial charge is 0.462 e. The van der Waals surface area contributed by atoms with E-state index in [-0.39, 0.29) is 34.9 Å².